The van der Waals surface area contributed by atoms with E-state index in [-0.39, 0.29) is 30.9 Å². The summed E-state index contributed by atoms with van der Waals surface area (Å²) in [6.45, 7) is 3.16. The molecule has 150 valence electrons. The van der Waals surface area contributed by atoms with E-state index in [9.17, 15) is 9.59 Å². The Morgan fingerprint density at radius 2 is 1.57 bits per heavy atom. The normalized spacial score (nSPS) is 12.7. The molecule has 2 rings (SSSR count). The summed E-state index contributed by atoms with van der Waals surface area (Å²) in [5.74, 6) is 0.622. The average molecular weight is 385 g/mol. The Labute approximate surface area is 166 Å². The summed E-state index contributed by atoms with van der Waals surface area (Å²) in [5, 5.41) is 5.94. The van der Waals surface area contributed by atoms with Gasteiger partial charge in [0.25, 0.3) is 11.8 Å². The largest absolute Gasteiger partial charge is 0.497 e. The molecule has 0 bridgehead atoms. The predicted molar refractivity (Wildman–Crippen MR) is 109 cm³/mol. The van der Waals surface area contributed by atoms with Crippen LogP contribution in [0, 0.1) is 0 Å². The maximum atomic E-state index is 12.6. The number of likely N-dealkylation sites (N-methyl/N-ethyl adjacent to an activating group) is 1. The summed E-state index contributed by atoms with van der Waals surface area (Å²) in [7, 11) is 3.47. The Morgan fingerprint density at radius 3 is 2.18 bits per heavy atom. The van der Waals surface area contributed by atoms with Crippen molar-refractivity contribution in [3.8, 4) is 5.75 Å². The Kier molecular flexibility index (Phi) is 8.49. The van der Waals surface area contributed by atoms with Crippen LogP contribution < -0.4 is 20.3 Å². The highest BCUT2D eigenvalue weighted by molar-refractivity contribution is 5.79. The van der Waals surface area contributed by atoms with Crippen LogP contribution in [-0.2, 0) is 9.59 Å². The summed E-state index contributed by atoms with van der Waals surface area (Å²) in [6, 6.07) is 17.2. The smallest absolute Gasteiger partial charge is 0.275 e. The van der Waals surface area contributed by atoms with Gasteiger partial charge < -0.3 is 20.3 Å². The van der Waals surface area contributed by atoms with E-state index in [0.29, 0.717) is 6.54 Å². The van der Waals surface area contributed by atoms with Crippen LogP contribution in [0.3, 0.4) is 0 Å². The molecule has 6 heteroatoms. The van der Waals surface area contributed by atoms with Crippen LogP contribution in [0.4, 0.5) is 0 Å². The number of carbonyl (C=O) groups excluding carboxylic acids is 2. The highest BCUT2D eigenvalue weighted by Crippen LogP contribution is 2.23. The van der Waals surface area contributed by atoms with Gasteiger partial charge in [0, 0.05) is 6.54 Å². The molecule has 0 spiro atoms. The number of carbonyl (C=O) groups is 2. The Bertz CT molecular complexity index is 747. The number of amides is 2. The van der Waals surface area contributed by atoms with Crippen molar-refractivity contribution in [2.45, 2.75) is 19.4 Å². The number of hydrogen-bond donors (Lipinski definition) is 3. The second kappa shape index (κ2) is 11.1. The van der Waals surface area contributed by atoms with E-state index in [2.05, 4.69) is 10.6 Å². The number of methoxy groups -OCH3 is 1. The van der Waals surface area contributed by atoms with E-state index < -0.39 is 0 Å². The number of rotatable bonds is 10. The molecule has 0 saturated carbocycles. The summed E-state index contributed by atoms with van der Waals surface area (Å²) in [4.78, 5) is 25.3. The number of hydrogen-bond acceptors (Lipinski definition) is 3. The summed E-state index contributed by atoms with van der Waals surface area (Å²) < 4.78 is 5.22. The van der Waals surface area contributed by atoms with E-state index in [1.165, 1.54) is 0 Å². The highest BCUT2D eigenvalue weighted by Gasteiger charge is 2.20. The Hall–Kier alpha value is -2.86. The lowest BCUT2D eigenvalue weighted by molar-refractivity contribution is -0.862. The summed E-state index contributed by atoms with van der Waals surface area (Å²) >= 11 is 0. The third kappa shape index (κ3) is 6.70. The SMILES string of the molecule is CCCNC(=O)C[NH+](C)CC(=O)N[C@H](c1ccccc1)c1ccc(OC)cc1. The molecular formula is C22H30N3O3+. The molecule has 0 radical (unpaired) electrons. The highest BCUT2D eigenvalue weighted by atomic mass is 16.5. The molecule has 3 N–H and O–H groups in total. The first kappa shape index (κ1) is 21.4. The van der Waals surface area contributed by atoms with Gasteiger partial charge in [-0.25, -0.2) is 0 Å². The second-order valence-electron chi connectivity index (χ2n) is 6.84. The van der Waals surface area contributed by atoms with E-state index in [0.717, 1.165) is 28.2 Å². The molecule has 0 aliphatic heterocycles. The van der Waals surface area contributed by atoms with Crippen molar-refractivity contribution in [1.29, 1.82) is 0 Å². The fourth-order valence-corrected chi connectivity index (χ4v) is 2.95. The minimum atomic E-state index is -0.263. The lowest BCUT2D eigenvalue weighted by atomic mass is 9.98. The van der Waals surface area contributed by atoms with Crippen LogP contribution in [-0.4, -0.2) is 45.6 Å². The van der Waals surface area contributed by atoms with Gasteiger partial charge in [-0.2, -0.15) is 0 Å². The van der Waals surface area contributed by atoms with Gasteiger partial charge in [0.2, 0.25) is 0 Å². The molecule has 6 nitrogen and oxygen atoms in total. The lowest BCUT2D eigenvalue weighted by Crippen LogP contribution is -3.11. The maximum absolute atomic E-state index is 12.6. The van der Waals surface area contributed by atoms with Crippen LogP contribution in [0.1, 0.15) is 30.5 Å². The molecule has 28 heavy (non-hydrogen) atoms. The monoisotopic (exact) mass is 384 g/mol. The van der Waals surface area contributed by atoms with Gasteiger partial charge in [-0.1, -0.05) is 49.4 Å². The number of ether oxygens (including phenoxy) is 1. The molecule has 0 heterocycles. The zero-order chi connectivity index (χ0) is 20.4. The number of benzene rings is 2. The van der Waals surface area contributed by atoms with Crippen molar-refractivity contribution in [1.82, 2.24) is 10.6 Å². The zero-order valence-electron chi connectivity index (χ0n) is 16.8. The minimum Gasteiger partial charge on any atom is -0.497 e. The van der Waals surface area contributed by atoms with Crippen LogP contribution in [0.2, 0.25) is 0 Å². The van der Waals surface area contributed by atoms with Crippen LogP contribution in [0.5, 0.6) is 5.75 Å². The molecule has 0 fully saturated rings. The lowest BCUT2D eigenvalue weighted by Gasteiger charge is -2.21. The van der Waals surface area contributed by atoms with E-state index in [1.54, 1.807) is 7.11 Å². The fourth-order valence-electron chi connectivity index (χ4n) is 2.95. The van der Waals surface area contributed by atoms with Gasteiger partial charge in [0.1, 0.15) is 5.75 Å². The fraction of sp³-hybridized carbons (Fsp3) is 0.364. The maximum Gasteiger partial charge on any atom is 0.275 e. The third-order valence-electron chi connectivity index (χ3n) is 4.38. The van der Waals surface area contributed by atoms with Crippen molar-refractivity contribution in [3.05, 3.63) is 65.7 Å². The van der Waals surface area contributed by atoms with Crippen molar-refractivity contribution in [2.75, 3.05) is 33.8 Å². The standard InChI is InChI=1S/C22H29N3O3/c1-4-14-23-20(26)15-25(2)16-21(27)24-22(17-8-6-5-7-9-17)18-10-12-19(28-3)13-11-18/h5-13,22H,4,14-16H2,1-3H3,(H,23,26)(H,24,27)/p+1/t22-/m1/s1. The van der Waals surface area contributed by atoms with E-state index >= 15 is 0 Å². The molecule has 0 aromatic heterocycles. The molecule has 0 saturated heterocycles. The van der Waals surface area contributed by atoms with Gasteiger partial charge in [-0.3, -0.25) is 9.59 Å². The zero-order valence-corrected chi connectivity index (χ0v) is 16.8. The molecule has 0 aliphatic carbocycles. The topological polar surface area (TPSA) is 71.9 Å². The van der Waals surface area contributed by atoms with Crippen LogP contribution >= 0.6 is 0 Å². The van der Waals surface area contributed by atoms with E-state index in [4.69, 9.17) is 4.74 Å². The summed E-state index contributed by atoms with van der Waals surface area (Å²) in [6.07, 6.45) is 0.895. The summed E-state index contributed by atoms with van der Waals surface area (Å²) in [5.41, 5.74) is 1.97. The second-order valence-corrected chi connectivity index (χ2v) is 6.84. The van der Waals surface area contributed by atoms with Crippen molar-refractivity contribution in [2.24, 2.45) is 0 Å². The first-order valence-electron chi connectivity index (χ1n) is 9.59. The van der Waals surface area contributed by atoms with Gasteiger partial charge >= 0.3 is 0 Å². The molecule has 1 unspecified atom stereocenters. The van der Waals surface area contributed by atoms with Crippen molar-refractivity contribution in [3.63, 3.8) is 0 Å². The molecular weight excluding hydrogens is 354 g/mol. The molecule has 0 aliphatic rings. The molecule has 2 aromatic rings. The van der Waals surface area contributed by atoms with Gasteiger partial charge in [-0.05, 0) is 29.7 Å². The Morgan fingerprint density at radius 1 is 0.964 bits per heavy atom. The minimum absolute atomic E-state index is 0.0399. The van der Waals surface area contributed by atoms with Gasteiger partial charge in [0.15, 0.2) is 13.1 Å². The van der Waals surface area contributed by atoms with Crippen LogP contribution in [0.25, 0.3) is 0 Å². The Balaban J connectivity index is 2.05. The van der Waals surface area contributed by atoms with Crippen LogP contribution in [0.15, 0.2) is 54.6 Å². The van der Waals surface area contributed by atoms with Gasteiger partial charge in [0.05, 0.1) is 20.2 Å². The first-order chi connectivity index (χ1) is 13.5. The average Bonchev–Trinajstić information content (AvgIpc) is 2.71. The van der Waals surface area contributed by atoms with Gasteiger partial charge in [-0.15, -0.1) is 0 Å². The molecule has 2 atom stereocenters. The first-order valence-corrected chi connectivity index (χ1v) is 9.59. The number of quaternary nitrogens is 1. The van der Waals surface area contributed by atoms with E-state index in [1.807, 2.05) is 68.6 Å². The molecule has 2 aromatic carbocycles. The predicted octanol–water partition coefficient (Wildman–Crippen LogP) is 0.942. The quantitative estimate of drug-likeness (QED) is 0.571. The molecule has 2 amide bonds. The van der Waals surface area contributed by atoms with Crippen molar-refractivity contribution < 1.29 is 19.2 Å². The van der Waals surface area contributed by atoms with Crippen molar-refractivity contribution >= 4 is 11.8 Å². The number of nitrogens with one attached hydrogen (secondary N) is 3. The third-order valence-corrected chi connectivity index (χ3v) is 4.38.